The van der Waals surface area contributed by atoms with Crippen molar-refractivity contribution in [3.05, 3.63) is 81.4 Å². The first kappa shape index (κ1) is 21.3. The zero-order chi connectivity index (χ0) is 22.8. The highest BCUT2D eigenvalue weighted by Gasteiger charge is 2.33. The van der Waals surface area contributed by atoms with E-state index in [2.05, 4.69) is 20.3 Å². The average Bonchev–Trinajstić information content (AvgIpc) is 3.20. The third-order valence-corrected chi connectivity index (χ3v) is 6.46. The summed E-state index contributed by atoms with van der Waals surface area (Å²) in [5, 5.41) is 3.08. The van der Waals surface area contributed by atoms with Gasteiger partial charge in [-0.2, -0.15) is 0 Å². The van der Waals surface area contributed by atoms with Gasteiger partial charge in [0.15, 0.2) is 0 Å². The Hall–Kier alpha value is -3.55. The predicted molar refractivity (Wildman–Crippen MR) is 123 cm³/mol. The van der Waals surface area contributed by atoms with Crippen LogP contribution >= 0.6 is 0 Å². The standard InChI is InChI=1S/C25H26FN5O2/c26-17-8-11-23(28-14-17)29-18-9-10-21(27-15-18)22-7-4-12-31(22)25(33)19-13-16-5-2-1-3-6-20(16)30-24(19)32/h8-11,13-15,22H,1-7,12H2,(H,28,29)(H,30,32). The van der Waals surface area contributed by atoms with Crippen LogP contribution in [0.3, 0.4) is 0 Å². The first-order chi connectivity index (χ1) is 16.1. The number of hydrogen-bond acceptors (Lipinski definition) is 5. The van der Waals surface area contributed by atoms with E-state index in [1.807, 2.05) is 18.2 Å². The van der Waals surface area contributed by atoms with Gasteiger partial charge >= 0.3 is 0 Å². The number of rotatable bonds is 4. The van der Waals surface area contributed by atoms with Crippen LogP contribution in [-0.2, 0) is 12.8 Å². The molecule has 170 valence electrons. The molecule has 7 nitrogen and oxygen atoms in total. The van der Waals surface area contributed by atoms with Crippen molar-refractivity contribution in [1.82, 2.24) is 19.9 Å². The first-order valence-electron chi connectivity index (χ1n) is 11.5. The van der Waals surface area contributed by atoms with Crippen LogP contribution < -0.4 is 10.9 Å². The van der Waals surface area contributed by atoms with Crippen LogP contribution in [0.2, 0.25) is 0 Å². The Bertz CT molecular complexity index is 1210. The van der Waals surface area contributed by atoms with Crippen LogP contribution in [0.25, 0.3) is 0 Å². The van der Waals surface area contributed by atoms with Crippen LogP contribution in [0.4, 0.5) is 15.9 Å². The molecule has 1 aliphatic carbocycles. The van der Waals surface area contributed by atoms with Crippen LogP contribution in [0, 0.1) is 5.82 Å². The molecule has 3 aromatic heterocycles. The number of nitrogens with one attached hydrogen (secondary N) is 2. The number of likely N-dealkylation sites (tertiary alicyclic amines) is 1. The molecule has 33 heavy (non-hydrogen) atoms. The normalized spacial score (nSPS) is 18.0. The zero-order valence-corrected chi connectivity index (χ0v) is 18.3. The summed E-state index contributed by atoms with van der Waals surface area (Å²) in [7, 11) is 0. The third-order valence-electron chi connectivity index (χ3n) is 6.46. The number of halogens is 1. The van der Waals surface area contributed by atoms with Crippen molar-refractivity contribution in [2.24, 2.45) is 0 Å². The topological polar surface area (TPSA) is 91.0 Å². The Kier molecular flexibility index (Phi) is 5.90. The Morgan fingerprint density at radius 3 is 2.73 bits per heavy atom. The van der Waals surface area contributed by atoms with Crippen molar-refractivity contribution >= 4 is 17.4 Å². The first-order valence-corrected chi connectivity index (χ1v) is 11.5. The van der Waals surface area contributed by atoms with Gasteiger partial charge in [-0.3, -0.25) is 14.6 Å². The van der Waals surface area contributed by atoms with E-state index in [0.29, 0.717) is 12.4 Å². The van der Waals surface area contributed by atoms with Crippen molar-refractivity contribution in [3.8, 4) is 0 Å². The fraction of sp³-hybridized carbons (Fsp3) is 0.360. The third kappa shape index (κ3) is 4.51. The Morgan fingerprint density at radius 2 is 1.94 bits per heavy atom. The van der Waals surface area contributed by atoms with E-state index in [1.165, 1.54) is 6.07 Å². The lowest BCUT2D eigenvalue weighted by Crippen LogP contribution is -2.35. The Balaban J connectivity index is 1.35. The van der Waals surface area contributed by atoms with Gasteiger partial charge in [0.1, 0.15) is 17.2 Å². The molecule has 0 bridgehead atoms. The van der Waals surface area contributed by atoms with Crippen molar-refractivity contribution in [3.63, 3.8) is 0 Å². The van der Waals surface area contributed by atoms with E-state index in [0.717, 1.165) is 73.8 Å². The summed E-state index contributed by atoms with van der Waals surface area (Å²) in [6, 6.07) is 8.27. The molecule has 0 aromatic carbocycles. The molecule has 4 heterocycles. The van der Waals surface area contributed by atoms with Gasteiger partial charge in [-0.1, -0.05) is 6.42 Å². The van der Waals surface area contributed by atoms with E-state index in [4.69, 9.17) is 0 Å². The maximum absolute atomic E-state index is 13.4. The number of fused-ring (bicyclic) bond motifs is 1. The minimum atomic E-state index is -0.395. The number of amides is 1. The quantitative estimate of drug-likeness (QED) is 0.582. The number of nitrogens with zero attached hydrogens (tertiary/aromatic N) is 3. The van der Waals surface area contributed by atoms with Crippen LogP contribution in [0.5, 0.6) is 0 Å². The molecule has 0 saturated carbocycles. The fourth-order valence-corrected chi connectivity index (χ4v) is 4.76. The maximum Gasteiger partial charge on any atom is 0.261 e. The number of anilines is 2. The lowest BCUT2D eigenvalue weighted by molar-refractivity contribution is 0.0731. The SMILES string of the molecule is O=C(c1cc2c([nH]c1=O)CCCCC2)N1CCCC1c1ccc(Nc2ccc(F)cn2)cn1. The van der Waals surface area contributed by atoms with Crippen molar-refractivity contribution in [2.45, 2.75) is 51.0 Å². The van der Waals surface area contributed by atoms with Gasteiger partial charge in [0, 0.05) is 12.2 Å². The molecule has 1 saturated heterocycles. The smallest absolute Gasteiger partial charge is 0.261 e. The molecule has 2 aliphatic rings. The molecule has 1 aliphatic heterocycles. The summed E-state index contributed by atoms with van der Waals surface area (Å²) in [6.07, 6.45) is 9.54. The minimum Gasteiger partial charge on any atom is -0.339 e. The summed E-state index contributed by atoms with van der Waals surface area (Å²) in [5.41, 5.74) is 3.50. The molecule has 2 N–H and O–H groups in total. The van der Waals surface area contributed by atoms with E-state index in [-0.39, 0.29) is 23.1 Å². The van der Waals surface area contributed by atoms with E-state index in [9.17, 15) is 14.0 Å². The average molecular weight is 448 g/mol. The van der Waals surface area contributed by atoms with Gasteiger partial charge in [0.2, 0.25) is 0 Å². The second kappa shape index (κ2) is 9.13. The molecule has 1 fully saturated rings. The minimum absolute atomic E-state index is 0.172. The van der Waals surface area contributed by atoms with Gasteiger partial charge in [-0.05, 0) is 74.4 Å². The van der Waals surface area contributed by atoms with Crippen molar-refractivity contribution in [1.29, 1.82) is 0 Å². The van der Waals surface area contributed by atoms with Gasteiger partial charge < -0.3 is 15.2 Å². The highest BCUT2D eigenvalue weighted by atomic mass is 19.1. The second-order valence-electron chi connectivity index (χ2n) is 8.69. The number of pyridine rings is 3. The number of aryl methyl sites for hydroxylation is 2. The summed E-state index contributed by atoms with van der Waals surface area (Å²) in [5.74, 6) is -0.107. The fourth-order valence-electron chi connectivity index (χ4n) is 4.76. The summed E-state index contributed by atoms with van der Waals surface area (Å²) >= 11 is 0. The molecule has 5 rings (SSSR count). The Labute approximate surface area is 191 Å². The van der Waals surface area contributed by atoms with E-state index >= 15 is 0 Å². The van der Waals surface area contributed by atoms with Crippen LogP contribution in [0.1, 0.15) is 65.5 Å². The lowest BCUT2D eigenvalue weighted by atomic mass is 10.0. The number of aromatic nitrogens is 3. The number of aromatic amines is 1. The molecule has 3 aromatic rings. The van der Waals surface area contributed by atoms with Gasteiger partial charge in [-0.15, -0.1) is 0 Å². The number of carbonyl (C=O) groups excluding carboxylic acids is 1. The molecule has 1 unspecified atom stereocenters. The molecule has 0 spiro atoms. The lowest BCUT2D eigenvalue weighted by Gasteiger charge is -2.24. The van der Waals surface area contributed by atoms with E-state index < -0.39 is 5.82 Å². The Morgan fingerprint density at radius 1 is 1.06 bits per heavy atom. The highest BCUT2D eigenvalue weighted by molar-refractivity contribution is 5.94. The molecular formula is C25H26FN5O2. The van der Waals surface area contributed by atoms with E-state index in [1.54, 1.807) is 17.2 Å². The number of hydrogen-bond donors (Lipinski definition) is 2. The summed E-state index contributed by atoms with van der Waals surface area (Å²) in [4.78, 5) is 39.4. The number of H-pyrrole nitrogens is 1. The highest BCUT2D eigenvalue weighted by Crippen LogP contribution is 2.32. The summed E-state index contributed by atoms with van der Waals surface area (Å²) < 4.78 is 13.0. The molecule has 1 amide bonds. The zero-order valence-electron chi connectivity index (χ0n) is 18.3. The summed E-state index contributed by atoms with van der Waals surface area (Å²) in [6.45, 7) is 0.598. The van der Waals surface area contributed by atoms with Crippen molar-refractivity contribution in [2.75, 3.05) is 11.9 Å². The monoisotopic (exact) mass is 447 g/mol. The molecular weight excluding hydrogens is 421 g/mol. The number of carbonyl (C=O) groups is 1. The maximum atomic E-state index is 13.4. The van der Waals surface area contributed by atoms with Crippen molar-refractivity contribution < 1.29 is 9.18 Å². The molecule has 8 heteroatoms. The molecule has 1 atom stereocenters. The molecule has 0 radical (unpaired) electrons. The second-order valence-corrected chi connectivity index (χ2v) is 8.69. The van der Waals surface area contributed by atoms with Gasteiger partial charge in [0.25, 0.3) is 11.5 Å². The predicted octanol–water partition coefficient (Wildman–Crippen LogP) is 4.29. The van der Waals surface area contributed by atoms with Crippen LogP contribution in [-0.4, -0.2) is 32.3 Å². The van der Waals surface area contributed by atoms with Crippen LogP contribution in [0.15, 0.2) is 47.5 Å². The van der Waals surface area contributed by atoms with Gasteiger partial charge in [-0.25, -0.2) is 9.37 Å². The van der Waals surface area contributed by atoms with Gasteiger partial charge in [0.05, 0.1) is 29.8 Å². The largest absolute Gasteiger partial charge is 0.339 e.